The Hall–Kier alpha value is -3.22. The summed E-state index contributed by atoms with van der Waals surface area (Å²) in [5, 5.41) is 17.3. The molecule has 2 fully saturated rings. The Morgan fingerprint density at radius 1 is 1.10 bits per heavy atom. The Morgan fingerprint density at radius 2 is 1.68 bits per heavy atom. The van der Waals surface area contributed by atoms with Gasteiger partial charge in [-0.3, -0.25) is 19.0 Å². The van der Waals surface area contributed by atoms with Gasteiger partial charge in [-0.05, 0) is 83.4 Å². The zero-order valence-corrected chi connectivity index (χ0v) is 24.9. The largest absolute Gasteiger partial charge is 0.379 e. The van der Waals surface area contributed by atoms with Gasteiger partial charge >= 0.3 is 6.68 Å². The van der Waals surface area contributed by atoms with Crippen LogP contribution in [-0.4, -0.2) is 64.0 Å². The SMILES string of the molecule is CC.CC(C)n1nccc1C(=O)NC(C(=O)Nc1cnn(C)c1)C(C1CC1)C1CC1.CNCCCC=O.FC(F)F. The molecule has 232 valence electrons. The van der Waals surface area contributed by atoms with Gasteiger partial charge in [-0.2, -0.15) is 23.4 Å². The van der Waals surface area contributed by atoms with Gasteiger partial charge in [0.2, 0.25) is 5.91 Å². The number of alkyl halides is 3. The summed E-state index contributed by atoms with van der Waals surface area (Å²) in [5.74, 6) is 0.820. The second-order valence-electron chi connectivity index (χ2n) is 10.0. The van der Waals surface area contributed by atoms with E-state index in [1.165, 1.54) is 0 Å². The van der Waals surface area contributed by atoms with Crippen LogP contribution in [0.25, 0.3) is 0 Å². The van der Waals surface area contributed by atoms with Gasteiger partial charge in [0.15, 0.2) is 0 Å². The zero-order valence-electron chi connectivity index (χ0n) is 24.9. The second-order valence-corrected chi connectivity index (χ2v) is 10.0. The van der Waals surface area contributed by atoms with Crippen LogP contribution in [-0.2, 0) is 16.6 Å². The fourth-order valence-corrected chi connectivity index (χ4v) is 4.42. The molecule has 2 aromatic rings. The molecule has 0 radical (unpaired) electrons. The molecule has 0 saturated heterocycles. The van der Waals surface area contributed by atoms with Crippen LogP contribution in [0.2, 0.25) is 0 Å². The molecule has 1 unspecified atom stereocenters. The minimum atomic E-state index is -3.67. The lowest BCUT2D eigenvalue weighted by atomic mass is 9.88. The molecule has 13 heteroatoms. The average Bonchev–Trinajstić information content (AvgIpc) is 3.85. The summed E-state index contributed by atoms with van der Waals surface area (Å²) in [6.07, 6.45) is 12.1. The summed E-state index contributed by atoms with van der Waals surface area (Å²) < 4.78 is 32.3. The van der Waals surface area contributed by atoms with Gasteiger partial charge in [0.05, 0.1) is 11.9 Å². The minimum absolute atomic E-state index is 0.0704. The van der Waals surface area contributed by atoms with Gasteiger partial charge in [0.25, 0.3) is 5.91 Å². The number of hydrogen-bond donors (Lipinski definition) is 3. The highest BCUT2D eigenvalue weighted by atomic mass is 19.4. The first-order valence-electron chi connectivity index (χ1n) is 14.2. The number of aldehydes is 1. The van der Waals surface area contributed by atoms with E-state index in [-0.39, 0.29) is 23.8 Å². The molecule has 0 aromatic carbocycles. The van der Waals surface area contributed by atoms with E-state index in [2.05, 4.69) is 26.1 Å². The van der Waals surface area contributed by atoms with Crippen molar-refractivity contribution in [3.05, 3.63) is 30.4 Å². The van der Waals surface area contributed by atoms with Crippen LogP contribution < -0.4 is 16.0 Å². The summed E-state index contributed by atoms with van der Waals surface area (Å²) in [6.45, 7) is 5.24. The first kappa shape index (κ1) is 35.8. The van der Waals surface area contributed by atoms with Gasteiger partial charge in [-0.15, -0.1) is 0 Å². The lowest BCUT2D eigenvalue weighted by Gasteiger charge is -2.27. The topological polar surface area (TPSA) is 123 Å². The number of hydrogen-bond acceptors (Lipinski definition) is 6. The van der Waals surface area contributed by atoms with Crippen LogP contribution in [0.15, 0.2) is 24.7 Å². The Balaban J connectivity index is 0.000000547. The van der Waals surface area contributed by atoms with Crippen molar-refractivity contribution in [3.8, 4) is 0 Å². The molecule has 0 bridgehead atoms. The van der Waals surface area contributed by atoms with Crippen molar-refractivity contribution in [2.75, 3.05) is 18.9 Å². The summed E-state index contributed by atoms with van der Waals surface area (Å²) in [7, 11) is 3.68. The Bertz CT molecular complexity index is 1020. The molecule has 41 heavy (non-hydrogen) atoms. The van der Waals surface area contributed by atoms with Gasteiger partial charge in [-0.1, -0.05) is 13.8 Å². The van der Waals surface area contributed by atoms with Gasteiger partial charge in [0.1, 0.15) is 18.0 Å². The summed E-state index contributed by atoms with van der Waals surface area (Å²) in [5.41, 5.74) is 1.13. The molecule has 3 N–H and O–H groups in total. The molecule has 2 amide bonds. The van der Waals surface area contributed by atoms with E-state index in [1.54, 1.807) is 41.1 Å². The van der Waals surface area contributed by atoms with E-state index >= 15 is 0 Å². The minimum Gasteiger partial charge on any atom is -0.339 e. The molecule has 0 spiro atoms. The van der Waals surface area contributed by atoms with Gasteiger partial charge in [-0.25, -0.2) is 0 Å². The number of nitrogens with one attached hydrogen (secondary N) is 3. The number of nitrogens with zero attached hydrogens (tertiary/aromatic N) is 4. The predicted molar refractivity (Wildman–Crippen MR) is 152 cm³/mol. The Morgan fingerprint density at radius 3 is 2.12 bits per heavy atom. The maximum Gasteiger partial charge on any atom is 0.379 e. The number of unbranched alkanes of at least 4 members (excludes halogenated alkanes) is 1. The maximum absolute atomic E-state index is 13.2. The van der Waals surface area contributed by atoms with Crippen molar-refractivity contribution in [1.82, 2.24) is 30.2 Å². The third-order valence-electron chi connectivity index (χ3n) is 6.40. The highest BCUT2D eigenvalue weighted by Gasteiger charge is 2.48. The first-order valence-corrected chi connectivity index (χ1v) is 14.2. The van der Waals surface area contributed by atoms with E-state index < -0.39 is 12.7 Å². The molecule has 2 aliphatic carbocycles. The van der Waals surface area contributed by atoms with E-state index in [4.69, 9.17) is 0 Å². The number of amides is 2. The normalized spacial score (nSPS) is 14.6. The fraction of sp³-hybridized carbons (Fsp3) is 0.679. The van der Waals surface area contributed by atoms with Gasteiger partial charge < -0.3 is 20.7 Å². The predicted octanol–water partition coefficient (Wildman–Crippen LogP) is 4.76. The quantitative estimate of drug-likeness (QED) is 0.244. The zero-order chi connectivity index (χ0) is 30.9. The molecular formula is C28H46F3N7O3. The molecule has 1 atom stereocenters. The smallest absolute Gasteiger partial charge is 0.339 e. The summed E-state index contributed by atoms with van der Waals surface area (Å²) in [6, 6.07) is 1.22. The highest BCUT2D eigenvalue weighted by Crippen LogP contribution is 2.50. The number of halogens is 3. The first-order chi connectivity index (χ1) is 19.6. The molecule has 2 saturated carbocycles. The van der Waals surface area contributed by atoms with Crippen LogP contribution in [0.4, 0.5) is 18.9 Å². The van der Waals surface area contributed by atoms with Crippen molar-refractivity contribution in [2.24, 2.45) is 24.8 Å². The monoisotopic (exact) mass is 585 g/mol. The van der Waals surface area contributed by atoms with Crippen LogP contribution in [0.1, 0.15) is 82.8 Å². The van der Waals surface area contributed by atoms with E-state index in [0.717, 1.165) is 44.9 Å². The number of aryl methyl sites for hydroxylation is 1. The van der Waals surface area contributed by atoms with Crippen molar-refractivity contribution in [3.63, 3.8) is 0 Å². The fourth-order valence-electron chi connectivity index (χ4n) is 4.42. The van der Waals surface area contributed by atoms with Crippen molar-refractivity contribution in [1.29, 1.82) is 0 Å². The number of anilines is 1. The standard InChI is InChI=1S/C20H28N6O2.C5H11NO.C2H6.CHF3/c1-12(2)26-16(8-9-21-26)19(27)24-18(17(13-4-5-13)14-6-7-14)20(28)23-15-10-22-25(3)11-15;1-6-4-2-3-5-7;1-2;2-1(3)4/h8-14,17-18H,4-7H2,1-3H3,(H,23,28)(H,24,27);5-6H,2-4H2,1H3;1-2H3;1H. The van der Waals surface area contributed by atoms with Crippen LogP contribution in [0.3, 0.4) is 0 Å². The van der Waals surface area contributed by atoms with E-state index in [1.807, 2.05) is 34.7 Å². The third kappa shape index (κ3) is 13.3. The van der Waals surface area contributed by atoms with E-state index in [0.29, 0.717) is 29.6 Å². The maximum atomic E-state index is 13.2. The molecule has 4 rings (SSSR count). The van der Waals surface area contributed by atoms with E-state index in [9.17, 15) is 27.6 Å². The molecule has 10 nitrogen and oxygen atoms in total. The number of aromatic nitrogens is 4. The second kappa shape index (κ2) is 19.0. The Labute approximate surface area is 240 Å². The molecule has 2 heterocycles. The lowest BCUT2D eigenvalue weighted by molar-refractivity contribution is -0.119. The summed E-state index contributed by atoms with van der Waals surface area (Å²) in [4.78, 5) is 35.8. The summed E-state index contributed by atoms with van der Waals surface area (Å²) >= 11 is 0. The van der Waals surface area contributed by atoms with Gasteiger partial charge in [0, 0.05) is 31.9 Å². The average molecular weight is 586 g/mol. The van der Waals surface area contributed by atoms with Crippen molar-refractivity contribution >= 4 is 23.8 Å². The molecule has 0 aliphatic heterocycles. The molecule has 2 aliphatic rings. The number of carbonyl (C=O) groups excluding carboxylic acids is 3. The van der Waals surface area contributed by atoms with Crippen LogP contribution >= 0.6 is 0 Å². The number of rotatable bonds is 12. The Kier molecular flexibility index (Phi) is 16.6. The van der Waals surface area contributed by atoms with Crippen LogP contribution in [0.5, 0.6) is 0 Å². The van der Waals surface area contributed by atoms with Crippen molar-refractivity contribution in [2.45, 2.75) is 85.0 Å². The lowest BCUT2D eigenvalue weighted by Crippen LogP contribution is -2.50. The third-order valence-corrected chi connectivity index (χ3v) is 6.40. The van der Waals surface area contributed by atoms with Crippen LogP contribution in [0, 0.1) is 17.8 Å². The van der Waals surface area contributed by atoms with Crippen molar-refractivity contribution < 1.29 is 27.6 Å². The molecular weight excluding hydrogens is 539 g/mol. The highest BCUT2D eigenvalue weighted by molar-refractivity contribution is 6.00. The number of carbonyl (C=O) groups is 3. The molecule has 2 aromatic heterocycles.